The number of hydrogen-bond donors (Lipinski definition) is 1. The minimum absolute atomic E-state index is 0.0839. The number of ether oxygens (including phenoxy) is 1. The summed E-state index contributed by atoms with van der Waals surface area (Å²) >= 11 is 0. The molecule has 0 spiro atoms. The zero-order valence-electron chi connectivity index (χ0n) is 6.89. The van der Waals surface area contributed by atoms with Gasteiger partial charge >= 0.3 is 5.97 Å². The molecule has 0 saturated carbocycles. The van der Waals surface area contributed by atoms with E-state index >= 15 is 0 Å². The molecule has 1 N–H and O–H groups in total. The highest BCUT2D eigenvalue weighted by atomic mass is 16.5. The van der Waals surface area contributed by atoms with Crippen LogP contribution in [0, 0.1) is 12.3 Å². The van der Waals surface area contributed by atoms with Crippen LogP contribution < -0.4 is 5.32 Å². The fourth-order valence-electron chi connectivity index (χ4n) is 0.507. The molecule has 1 atom stereocenters. The molecule has 0 bridgehead atoms. The average molecular weight is 155 g/mol. The van der Waals surface area contributed by atoms with Crippen molar-refractivity contribution >= 4 is 5.97 Å². The van der Waals surface area contributed by atoms with Crippen molar-refractivity contribution < 1.29 is 9.53 Å². The van der Waals surface area contributed by atoms with Crippen molar-refractivity contribution in [3.63, 3.8) is 0 Å². The maximum atomic E-state index is 10.7. The lowest BCUT2D eigenvalue weighted by Gasteiger charge is -2.05. The zero-order chi connectivity index (χ0) is 8.69. The Bertz CT molecular complexity index is 160. The van der Waals surface area contributed by atoms with Gasteiger partial charge in [0.25, 0.3) is 0 Å². The first-order chi connectivity index (χ1) is 5.20. The van der Waals surface area contributed by atoms with Crippen LogP contribution in [-0.2, 0) is 9.53 Å². The van der Waals surface area contributed by atoms with E-state index < -0.39 is 0 Å². The Morgan fingerprint density at radius 2 is 2.45 bits per heavy atom. The topological polar surface area (TPSA) is 38.3 Å². The standard InChI is InChI=1S/C8H13NO2/c1-4-7(3)9-6-8(10)11-5-2/h1,7,9H,5-6H2,2-3H3. The van der Waals surface area contributed by atoms with E-state index in [1.165, 1.54) is 0 Å². The molecule has 0 radical (unpaired) electrons. The summed E-state index contributed by atoms with van der Waals surface area (Å²) in [4.78, 5) is 10.7. The fourth-order valence-corrected chi connectivity index (χ4v) is 0.507. The van der Waals surface area contributed by atoms with Gasteiger partial charge in [0, 0.05) is 0 Å². The number of carbonyl (C=O) groups excluding carboxylic acids is 1. The normalized spacial score (nSPS) is 11.7. The molecule has 0 rings (SSSR count). The number of hydrogen-bond acceptors (Lipinski definition) is 3. The molecule has 0 aromatic carbocycles. The molecule has 3 nitrogen and oxygen atoms in total. The first kappa shape index (κ1) is 9.99. The smallest absolute Gasteiger partial charge is 0.319 e. The second kappa shape index (κ2) is 5.75. The van der Waals surface area contributed by atoms with E-state index in [4.69, 9.17) is 6.42 Å². The molecular weight excluding hydrogens is 142 g/mol. The SMILES string of the molecule is C#CC(C)NCC(=O)OCC. The third-order valence-electron chi connectivity index (χ3n) is 1.11. The summed E-state index contributed by atoms with van der Waals surface area (Å²) < 4.78 is 4.67. The molecule has 0 saturated heterocycles. The molecule has 62 valence electrons. The van der Waals surface area contributed by atoms with Gasteiger partial charge in [-0.1, -0.05) is 5.92 Å². The van der Waals surface area contributed by atoms with Crippen molar-refractivity contribution in [2.45, 2.75) is 19.9 Å². The molecule has 0 aliphatic carbocycles. The highest BCUT2D eigenvalue weighted by molar-refractivity contribution is 5.71. The first-order valence-corrected chi connectivity index (χ1v) is 3.55. The van der Waals surface area contributed by atoms with E-state index in [2.05, 4.69) is 16.0 Å². The number of nitrogens with one attached hydrogen (secondary N) is 1. The van der Waals surface area contributed by atoms with Crippen molar-refractivity contribution in [1.82, 2.24) is 5.32 Å². The van der Waals surface area contributed by atoms with Gasteiger partial charge in [0.1, 0.15) is 0 Å². The summed E-state index contributed by atoms with van der Waals surface area (Å²) in [6.45, 7) is 4.16. The van der Waals surface area contributed by atoms with Gasteiger partial charge in [-0.25, -0.2) is 0 Å². The molecule has 3 heteroatoms. The second-order valence-electron chi connectivity index (χ2n) is 2.07. The van der Waals surface area contributed by atoms with Gasteiger partial charge in [-0.05, 0) is 13.8 Å². The van der Waals surface area contributed by atoms with Crippen molar-refractivity contribution in [3.05, 3.63) is 0 Å². The van der Waals surface area contributed by atoms with E-state index in [9.17, 15) is 4.79 Å². The quantitative estimate of drug-likeness (QED) is 0.464. The summed E-state index contributed by atoms with van der Waals surface area (Å²) in [5, 5.41) is 2.81. The van der Waals surface area contributed by atoms with Gasteiger partial charge in [0.2, 0.25) is 0 Å². The lowest BCUT2D eigenvalue weighted by molar-refractivity contribution is -0.142. The Morgan fingerprint density at radius 1 is 1.82 bits per heavy atom. The number of esters is 1. The van der Waals surface area contributed by atoms with Gasteiger partial charge < -0.3 is 4.74 Å². The fraction of sp³-hybridized carbons (Fsp3) is 0.625. The summed E-state index contributed by atoms with van der Waals surface area (Å²) in [6.07, 6.45) is 5.07. The van der Waals surface area contributed by atoms with Crippen LogP contribution in [0.5, 0.6) is 0 Å². The van der Waals surface area contributed by atoms with E-state index in [0.717, 1.165) is 0 Å². The highest BCUT2D eigenvalue weighted by Gasteiger charge is 2.01. The van der Waals surface area contributed by atoms with Crippen LogP contribution in [0.4, 0.5) is 0 Å². The molecule has 0 fully saturated rings. The minimum Gasteiger partial charge on any atom is -0.465 e. The molecule has 0 aromatic rings. The maximum absolute atomic E-state index is 10.7. The van der Waals surface area contributed by atoms with Gasteiger partial charge in [-0.3, -0.25) is 10.1 Å². The molecule has 11 heavy (non-hydrogen) atoms. The Labute approximate surface area is 67.1 Å². The summed E-state index contributed by atoms with van der Waals surface area (Å²) in [5.41, 5.74) is 0. The predicted octanol–water partition coefficient (Wildman–Crippen LogP) is 0.161. The minimum atomic E-state index is -0.269. The third-order valence-corrected chi connectivity index (χ3v) is 1.11. The van der Waals surface area contributed by atoms with Crippen molar-refractivity contribution in [1.29, 1.82) is 0 Å². The lowest BCUT2D eigenvalue weighted by atomic mass is 10.3. The van der Waals surface area contributed by atoms with Crippen LogP contribution in [0.3, 0.4) is 0 Å². The Hall–Kier alpha value is -1.01. The molecular formula is C8H13NO2. The van der Waals surface area contributed by atoms with Crippen LogP contribution in [0.25, 0.3) is 0 Å². The Kier molecular flexibility index (Phi) is 5.22. The highest BCUT2D eigenvalue weighted by Crippen LogP contribution is 1.79. The molecule has 0 aromatic heterocycles. The van der Waals surface area contributed by atoms with Crippen LogP contribution in [-0.4, -0.2) is 25.2 Å². The van der Waals surface area contributed by atoms with Crippen molar-refractivity contribution in [2.75, 3.05) is 13.2 Å². The van der Waals surface area contributed by atoms with Crippen LogP contribution in [0.1, 0.15) is 13.8 Å². The van der Waals surface area contributed by atoms with Gasteiger partial charge in [-0.2, -0.15) is 0 Å². The monoisotopic (exact) mass is 155 g/mol. The van der Waals surface area contributed by atoms with Crippen LogP contribution in [0.15, 0.2) is 0 Å². The van der Waals surface area contributed by atoms with Crippen LogP contribution in [0.2, 0.25) is 0 Å². The zero-order valence-corrected chi connectivity index (χ0v) is 6.89. The van der Waals surface area contributed by atoms with Gasteiger partial charge in [-0.15, -0.1) is 6.42 Å². The second-order valence-corrected chi connectivity index (χ2v) is 2.07. The molecule has 0 aliphatic heterocycles. The van der Waals surface area contributed by atoms with Crippen LogP contribution >= 0.6 is 0 Å². The third kappa shape index (κ3) is 5.43. The molecule has 1 unspecified atom stereocenters. The molecule has 0 aliphatic rings. The predicted molar refractivity (Wildman–Crippen MR) is 42.9 cm³/mol. The summed E-state index contributed by atoms with van der Waals surface area (Å²) in [5.74, 6) is 2.17. The molecule has 0 heterocycles. The van der Waals surface area contributed by atoms with Gasteiger partial charge in [0.05, 0.1) is 19.2 Å². The van der Waals surface area contributed by atoms with E-state index in [1.54, 1.807) is 13.8 Å². The van der Waals surface area contributed by atoms with Gasteiger partial charge in [0.15, 0.2) is 0 Å². The van der Waals surface area contributed by atoms with E-state index in [1.807, 2.05) is 0 Å². The number of carbonyl (C=O) groups is 1. The number of rotatable bonds is 4. The van der Waals surface area contributed by atoms with E-state index in [0.29, 0.717) is 6.61 Å². The Morgan fingerprint density at radius 3 is 2.91 bits per heavy atom. The van der Waals surface area contributed by atoms with E-state index in [-0.39, 0.29) is 18.6 Å². The average Bonchev–Trinajstić information content (AvgIpc) is 2.01. The molecule has 0 amide bonds. The largest absolute Gasteiger partial charge is 0.465 e. The number of terminal acetylenes is 1. The Balaban J connectivity index is 3.39. The first-order valence-electron chi connectivity index (χ1n) is 3.55. The van der Waals surface area contributed by atoms with Crippen molar-refractivity contribution in [2.24, 2.45) is 0 Å². The summed E-state index contributed by atoms with van der Waals surface area (Å²) in [6, 6.07) is -0.0839. The lowest BCUT2D eigenvalue weighted by Crippen LogP contribution is -2.31. The summed E-state index contributed by atoms with van der Waals surface area (Å²) in [7, 11) is 0. The maximum Gasteiger partial charge on any atom is 0.319 e. The van der Waals surface area contributed by atoms with Crippen molar-refractivity contribution in [3.8, 4) is 12.3 Å².